The van der Waals surface area contributed by atoms with Crippen molar-refractivity contribution in [3.05, 3.63) is 82.5 Å². The van der Waals surface area contributed by atoms with Gasteiger partial charge in [-0.1, -0.05) is 43.2 Å². The summed E-state index contributed by atoms with van der Waals surface area (Å²) in [7, 11) is 0. The van der Waals surface area contributed by atoms with Gasteiger partial charge in [0.15, 0.2) is 0 Å². The SMILES string of the molecule is O=C(N[C@@H](Cc1cc(=O)[nH]c(-c2cccnc2)n1)c1ccccc1)C1CCCC1. The number of aromatic amines is 1. The molecule has 0 unspecified atom stereocenters. The summed E-state index contributed by atoms with van der Waals surface area (Å²) in [6, 6.07) is 14.8. The first-order chi connectivity index (χ1) is 14.2. The van der Waals surface area contributed by atoms with E-state index in [-0.39, 0.29) is 23.4 Å². The van der Waals surface area contributed by atoms with E-state index in [1.807, 2.05) is 36.4 Å². The molecular weight excluding hydrogens is 364 g/mol. The van der Waals surface area contributed by atoms with E-state index in [1.54, 1.807) is 18.5 Å². The van der Waals surface area contributed by atoms with Crippen molar-refractivity contribution >= 4 is 5.91 Å². The molecule has 4 rings (SSSR count). The highest BCUT2D eigenvalue weighted by atomic mass is 16.2. The van der Waals surface area contributed by atoms with Gasteiger partial charge < -0.3 is 10.3 Å². The highest BCUT2D eigenvalue weighted by molar-refractivity contribution is 5.79. The molecule has 1 atom stereocenters. The Morgan fingerprint density at radius 1 is 1.14 bits per heavy atom. The highest BCUT2D eigenvalue weighted by Gasteiger charge is 2.25. The molecule has 29 heavy (non-hydrogen) atoms. The zero-order valence-corrected chi connectivity index (χ0v) is 16.2. The van der Waals surface area contributed by atoms with Crippen LogP contribution >= 0.6 is 0 Å². The van der Waals surface area contributed by atoms with Crippen molar-refractivity contribution in [2.45, 2.75) is 38.1 Å². The van der Waals surface area contributed by atoms with Crippen molar-refractivity contribution in [2.75, 3.05) is 0 Å². The van der Waals surface area contributed by atoms with Crippen molar-refractivity contribution in [3.63, 3.8) is 0 Å². The minimum Gasteiger partial charge on any atom is -0.349 e. The molecular formula is C23H24N4O2. The van der Waals surface area contributed by atoms with Gasteiger partial charge in [-0.15, -0.1) is 0 Å². The van der Waals surface area contributed by atoms with Gasteiger partial charge in [0.25, 0.3) is 5.56 Å². The van der Waals surface area contributed by atoms with Crippen LogP contribution in [0.1, 0.15) is 43.0 Å². The standard InChI is InChI=1S/C23H24N4O2/c28-21-14-19(25-22(27-21)18-11-6-12-24-15-18)13-20(16-7-2-1-3-8-16)26-23(29)17-9-4-5-10-17/h1-3,6-8,11-12,14-15,17,20H,4-5,9-10,13H2,(H,26,29)(H,25,27,28)/t20-/m0/s1. The monoisotopic (exact) mass is 388 g/mol. The second kappa shape index (κ2) is 8.82. The van der Waals surface area contributed by atoms with Gasteiger partial charge >= 0.3 is 0 Å². The molecule has 6 nitrogen and oxygen atoms in total. The molecule has 2 aromatic heterocycles. The first kappa shape index (κ1) is 19.1. The number of pyridine rings is 1. The number of benzene rings is 1. The van der Waals surface area contributed by atoms with E-state index >= 15 is 0 Å². The fraction of sp³-hybridized carbons (Fsp3) is 0.304. The Morgan fingerprint density at radius 2 is 1.93 bits per heavy atom. The number of nitrogens with zero attached hydrogens (tertiary/aromatic N) is 2. The molecule has 0 spiro atoms. The lowest BCUT2D eigenvalue weighted by Gasteiger charge is -2.21. The van der Waals surface area contributed by atoms with Crippen LogP contribution < -0.4 is 10.9 Å². The Kier molecular flexibility index (Phi) is 5.79. The largest absolute Gasteiger partial charge is 0.349 e. The van der Waals surface area contributed by atoms with Crippen molar-refractivity contribution in [1.82, 2.24) is 20.3 Å². The molecule has 1 saturated carbocycles. The van der Waals surface area contributed by atoms with Gasteiger partial charge in [-0.3, -0.25) is 14.6 Å². The van der Waals surface area contributed by atoms with Crippen molar-refractivity contribution in [3.8, 4) is 11.4 Å². The molecule has 6 heteroatoms. The predicted molar refractivity (Wildman–Crippen MR) is 111 cm³/mol. The smallest absolute Gasteiger partial charge is 0.251 e. The number of H-pyrrole nitrogens is 1. The molecule has 0 saturated heterocycles. The number of rotatable bonds is 6. The predicted octanol–water partition coefficient (Wildman–Crippen LogP) is 3.42. The Bertz CT molecular complexity index is 1010. The highest BCUT2D eigenvalue weighted by Crippen LogP contribution is 2.26. The molecule has 0 radical (unpaired) electrons. The second-order valence-corrected chi connectivity index (χ2v) is 7.48. The molecule has 2 N–H and O–H groups in total. The molecule has 1 aromatic carbocycles. The number of carbonyl (C=O) groups is 1. The summed E-state index contributed by atoms with van der Waals surface area (Å²) in [5.41, 5.74) is 2.16. The van der Waals surface area contributed by atoms with Crippen molar-refractivity contribution in [2.24, 2.45) is 5.92 Å². The lowest BCUT2D eigenvalue weighted by molar-refractivity contribution is -0.125. The summed E-state index contributed by atoms with van der Waals surface area (Å²) in [5, 5.41) is 3.20. The third-order valence-electron chi connectivity index (χ3n) is 5.39. The average Bonchev–Trinajstić information content (AvgIpc) is 3.29. The molecule has 1 fully saturated rings. The van der Waals surface area contributed by atoms with Gasteiger partial charge in [-0.05, 0) is 30.5 Å². The first-order valence-electron chi connectivity index (χ1n) is 10.0. The lowest BCUT2D eigenvalue weighted by atomic mass is 9.99. The molecule has 148 valence electrons. The van der Waals surface area contributed by atoms with Crippen LogP contribution in [0.5, 0.6) is 0 Å². The summed E-state index contributed by atoms with van der Waals surface area (Å²) < 4.78 is 0. The third-order valence-corrected chi connectivity index (χ3v) is 5.39. The number of carbonyl (C=O) groups excluding carboxylic acids is 1. The van der Waals surface area contributed by atoms with Gasteiger partial charge in [-0.25, -0.2) is 4.98 Å². The maximum atomic E-state index is 12.8. The van der Waals surface area contributed by atoms with E-state index in [4.69, 9.17) is 0 Å². The average molecular weight is 388 g/mol. The maximum Gasteiger partial charge on any atom is 0.251 e. The molecule has 1 aliphatic carbocycles. The number of aromatic nitrogens is 3. The molecule has 2 heterocycles. The normalized spacial score (nSPS) is 15.2. The van der Waals surface area contributed by atoms with Crippen LogP contribution in [0.2, 0.25) is 0 Å². The van der Waals surface area contributed by atoms with Crippen LogP contribution in [0.15, 0.2) is 65.7 Å². The third kappa shape index (κ3) is 4.77. The van der Waals surface area contributed by atoms with Crippen molar-refractivity contribution in [1.29, 1.82) is 0 Å². The summed E-state index contributed by atoms with van der Waals surface area (Å²) in [5.74, 6) is 0.655. The van der Waals surface area contributed by atoms with Crippen molar-refractivity contribution < 1.29 is 4.79 Å². The van der Waals surface area contributed by atoms with Crippen LogP contribution in [0.3, 0.4) is 0 Å². The fourth-order valence-corrected chi connectivity index (χ4v) is 3.88. The Morgan fingerprint density at radius 3 is 2.66 bits per heavy atom. The van der Waals surface area contributed by atoms with Crippen LogP contribution in [-0.2, 0) is 11.2 Å². The van der Waals surface area contributed by atoms with Crippen LogP contribution in [-0.4, -0.2) is 20.9 Å². The molecule has 3 aromatic rings. The van der Waals surface area contributed by atoms with E-state index in [9.17, 15) is 9.59 Å². The molecule has 0 bridgehead atoms. The van der Waals surface area contributed by atoms with Gasteiger partial charge in [0.1, 0.15) is 5.82 Å². The van der Waals surface area contributed by atoms with E-state index in [0.717, 1.165) is 36.8 Å². The van der Waals surface area contributed by atoms with Crippen LogP contribution in [0.25, 0.3) is 11.4 Å². The summed E-state index contributed by atoms with van der Waals surface area (Å²) in [6.45, 7) is 0. The van der Waals surface area contributed by atoms with Crippen LogP contribution in [0.4, 0.5) is 0 Å². The topological polar surface area (TPSA) is 87.7 Å². The second-order valence-electron chi connectivity index (χ2n) is 7.48. The minimum absolute atomic E-state index is 0.0827. The Labute approximate surface area is 169 Å². The number of hydrogen-bond donors (Lipinski definition) is 2. The first-order valence-corrected chi connectivity index (χ1v) is 10.0. The zero-order chi connectivity index (χ0) is 20.1. The zero-order valence-electron chi connectivity index (χ0n) is 16.2. The summed E-state index contributed by atoms with van der Waals surface area (Å²) >= 11 is 0. The Hall–Kier alpha value is -3.28. The van der Waals surface area contributed by atoms with Gasteiger partial charge in [0.05, 0.1) is 11.7 Å². The van der Waals surface area contributed by atoms with Gasteiger partial charge in [0.2, 0.25) is 5.91 Å². The van der Waals surface area contributed by atoms with E-state index < -0.39 is 0 Å². The lowest BCUT2D eigenvalue weighted by Crippen LogP contribution is -2.34. The summed E-state index contributed by atoms with van der Waals surface area (Å²) in [6.07, 6.45) is 7.90. The Balaban J connectivity index is 1.61. The maximum absolute atomic E-state index is 12.8. The van der Waals surface area contributed by atoms with Gasteiger partial charge in [-0.2, -0.15) is 0 Å². The fourth-order valence-electron chi connectivity index (χ4n) is 3.88. The number of hydrogen-bond acceptors (Lipinski definition) is 4. The quantitative estimate of drug-likeness (QED) is 0.677. The summed E-state index contributed by atoms with van der Waals surface area (Å²) in [4.78, 5) is 36.5. The van der Waals surface area contributed by atoms with Crippen LogP contribution in [0, 0.1) is 5.92 Å². The van der Waals surface area contributed by atoms with E-state index in [0.29, 0.717) is 17.9 Å². The molecule has 1 aliphatic rings. The van der Waals surface area contributed by atoms with E-state index in [2.05, 4.69) is 20.3 Å². The molecule has 1 amide bonds. The van der Waals surface area contributed by atoms with Gasteiger partial charge in [0, 0.05) is 36.4 Å². The number of nitrogens with one attached hydrogen (secondary N) is 2. The minimum atomic E-state index is -0.236. The van der Waals surface area contributed by atoms with E-state index in [1.165, 1.54) is 6.07 Å². The molecule has 0 aliphatic heterocycles. The number of amides is 1.